The number of ether oxygens (including phenoxy) is 5. The van der Waals surface area contributed by atoms with E-state index in [0.29, 0.717) is 17.7 Å². The number of benzene rings is 1. The van der Waals surface area contributed by atoms with E-state index in [1.807, 2.05) is 35.8 Å². The number of aryl methyl sites for hydroxylation is 1. The Morgan fingerprint density at radius 2 is 1.56 bits per heavy atom. The summed E-state index contributed by atoms with van der Waals surface area (Å²) in [7, 11) is 0. The van der Waals surface area contributed by atoms with Crippen molar-refractivity contribution in [1.29, 1.82) is 0 Å². The van der Waals surface area contributed by atoms with Crippen molar-refractivity contribution in [1.82, 2.24) is 19.7 Å². The van der Waals surface area contributed by atoms with Crippen molar-refractivity contribution < 1.29 is 54.5 Å². The predicted octanol–water partition coefficient (Wildman–Crippen LogP) is 1.69. The van der Waals surface area contributed by atoms with Crippen molar-refractivity contribution in [3.8, 4) is 0 Å². The fraction of sp³-hybridized carbons (Fsp3) is 0.444. The molecule has 3 rings (SSSR count). The molecular weight excluding hydrogens is 568 g/mol. The molecule has 2 aromatic heterocycles. The number of fused-ring (bicyclic) bond motifs is 3. The molecule has 3 aromatic rings. The Bertz CT molecular complexity index is 1640. The minimum absolute atomic E-state index is 0.122. The highest BCUT2D eigenvalue weighted by molar-refractivity contribution is 6.04. The van der Waals surface area contributed by atoms with Gasteiger partial charge in [0.25, 0.3) is 5.95 Å². The maximum atomic E-state index is 12.4. The summed E-state index contributed by atoms with van der Waals surface area (Å²) < 4.78 is 64.4. The van der Waals surface area contributed by atoms with E-state index in [0.717, 1.165) is 17.1 Å². The number of esters is 5. The van der Waals surface area contributed by atoms with E-state index in [1.165, 1.54) is 0 Å². The molecule has 0 saturated carbocycles. The van der Waals surface area contributed by atoms with Crippen LogP contribution >= 0.6 is 0 Å². The Kier molecular flexibility index (Phi) is 8.71. The molecule has 0 fully saturated rings. The number of hydrazone groups is 1. The van der Waals surface area contributed by atoms with Gasteiger partial charge >= 0.3 is 29.8 Å². The lowest BCUT2D eigenvalue weighted by Gasteiger charge is -2.34. The number of para-hydroxylation sites is 1. The molecular formula is C27H32N6O10. The van der Waals surface area contributed by atoms with Crippen LogP contribution in [0.2, 0.25) is 0 Å². The van der Waals surface area contributed by atoms with Gasteiger partial charge in [0.15, 0.2) is 30.1 Å². The summed E-state index contributed by atoms with van der Waals surface area (Å²) in [5.74, 6) is -6.12. The predicted molar refractivity (Wildman–Crippen MR) is 149 cm³/mol. The molecule has 0 unspecified atom stereocenters. The lowest BCUT2D eigenvalue weighted by Crippen LogP contribution is -2.53. The molecule has 0 spiro atoms. The van der Waals surface area contributed by atoms with Gasteiger partial charge in [0.2, 0.25) is 0 Å². The highest BCUT2D eigenvalue weighted by atomic mass is 16.6. The minimum Gasteiger partial charge on any atom is -0.462 e. The number of nitrogens with zero attached hydrogens (tertiary/aromatic N) is 5. The van der Waals surface area contributed by atoms with Crippen LogP contribution in [0.4, 0.5) is 5.95 Å². The van der Waals surface area contributed by atoms with Gasteiger partial charge in [-0.25, -0.2) is 5.43 Å². The number of anilines is 1. The lowest BCUT2D eigenvalue weighted by molar-refractivity contribution is -0.197. The highest BCUT2D eigenvalue weighted by Gasteiger charge is 2.43. The number of aromatic nitrogens is 4. The SMILES string of the molecule is [2H]CC(=O)OC[C@@H](OC(=O)C[2H])[C@H](OC(=O)C[2H])[C@H](OC(=O)C[2H])[C@H](C=NNc1nnc2c3ccccc3n(CC)c2n1)OC(=O)C[2H]. The van der Waals surface area contributed by atoms with E-state index in [1.54, 1.807) is 0 Å². The minimum atomic E-state index is -2.00. The van der Waals surface area contributed by atoms with E-state index < -0.39 is 95.4 Å². The number of rotatable bonds is 13. The number of carbonyl (C=O) groups is 5. The zero-order valence-electron chi connectivity index (χ0n) is 28.0. The molecule has 1 N–H and O–H groups in total. The van der Waals surface area contributed by atoms with E-state index in [-0.39, 0.29) is 5.95 Å². The average Bonchev–Trinajstić information content (AvgIpc) is 3.43. The van der Waals surface area contributed by atoms with Crippen molar-refractivity contribution in [3.05, 3.63) is 24.3 Å². The fourth-order valence-corrected chi connectivity index (χ4v) is 4.09. The molecule has 16 heteroatoms. The second-order valence-corrected chi connectivity index (χ2v) is 8.53. The van der Waals surface area contributed by atoms with Gasteiger partial charge in [0, 0.05) is 53.3 Å². The quantitative estimate of drug-likeness (QED) is 0.128. The maximum absolute atomic E-state index is 12.4. The molecule has 1 aromatic carbocycles. The molecule has 0 aliphatic carbocycles. The van der Waals surface area contributed by atoms with E-state index >= 15 is 0 Å². The van der Waals surface area contributed by atoms with Gasteiger partial charge in [-0.05, 0) is 13.0 Å². The van der Waals surface area contributed by atoms with Gasteiger partial charge in [-0.1, -0.05) is 18.2 Å². The summed E-state index contributed by atoms with van der Waals surface area (Å²) in [4.78, 5) is 65.4. The van der Waals surface area contributed by atoms with Crippen LogP contribution in [0.1, 0.15) is 48.3 Å². The molecule has 0 saturated heterocycles. The van der Waals surface area contributed by atoms with E-state index in [2.05, 4.69) is 25.7 Å². The maximum Gasteiger partial charge on any atom is 0.303 e. The van der Waals surface area contributed by atoms with Gasteiger partial charge < -0.3 is 28.3 Å². The first-order valence-corrected chi connectivity index (χ1v) is 12.4. The Morgan fingerprint density at radius 1 is 0.907 bits per heavy atom. The summed E-state index contributed by atoms with van der Waals surface area (Å²) in [6, 6.07) is 7.46. The molecule has 0 amide bonds. The highest BCUT2D eigenvalue weighted by Crippen LogP contribution is 2.26. The summed E-state index contributed by atoms with van der Waals surface area (Å²) in [6.07, 6.45) is -6.85. The molecule has 0 aliphatic heterocycles. The Balaban J connectivity index is 2.07. The van der Waals surface area contributed by atoms with Crippen LogP contribution < -0.4 is 5.43 Å². The monoisotopic (exact) mass is 605 g/mol. The van der Waals surface area contributed by atoms with Gasteiger partial charge in [0.1, 0.15) is 12.1 Å². The second-order valence-electron chi connectivity index (χ2n) is 8.53. The normalized spacial score (nSPS) is 15.5. The van der Waals surface area contributed by atoms with Crippen LogP contribution in [0.5, 0.6) is 0 Å². The third kappa shape index (κ3) is 8.67. The zero-order chi connectivity index (χ0) is 35.2. The van der Waals surface area contributed by atoms with Crippen LogP contribution in [0.15, 0.2) is 29.4 Å². The first-order valence-electron chi connectivity index (χ1n) is 15.9. The number of hydrogen-bond acceptors (Lipinski definition) is 15. The Morgan fingerprint density at radius 3 is 2.26 bits per heavy atom. The van der Waals surface area contributed by atoms with Crippen LogP contribution in [0, 0.1) is 0 Å². The van der Waals surface area contributed by atoms with Gasteiger partial charge in [-0.2, -0.15) is 10.1 Å². The molecule has 2 heterocycles. The van der Waals surface area contributed by atoms with Crippen molar-refractivity contribution in [3.63, 3.8) is 0 Å². The van der Waals surface area contributed by atoms with Crippen molar-refractivity contribution >= 4 is 64.1 Å². The van der Waals surface area contributed by atoms with Gasteiger partial charge in [0.05, 0.1) is 11.7 Å². The van der Waals surface area contributed by atoms with Crippen molar-refractivity contribution in [2.24, 2.45) is 5.10 Å². The second kappa shape index (κ2) is 14.7. The van der Waals surface area contributed by atoms with Gasteiger partial charge in [-0.15, -0.1) is 10.2 Å². The van der Waals surface area contributed by atoms with Crippen LogP contribution in [-0.2, 0) is 54.2 Å². The van der Waals surface area contributed by atoms with Crippen LogP contribution in [0.25, 0.3) is 22.1 Å². The summed E-state index contributed by atoms with van der Waals surface area (Å²) in [6.45, 7) is -3.15. The summed E-state index contributed by atoms with van der Waals surface area (Å²) in [5, 5.41) is 13.0. The number of carbonyl (C=O) groups excluding carboxylic acids is 5. The van der Waals surface area contributed by atoms with Crippen molar-refractivity contribution in [2.45, 2.75) is 72.4 Å². The number of hydrogen-bond donors (Lipinski definition) is 1. The average molecular weight is 606 g/mol. The van der Waals surface area contributed by atoms with Gasteiger partial charge in [-0.3, -0.25) is 24.0 Å². The fourth-order valence-electron chi connectivity index (χ4n) is 4.09. The Hall–Kier alpha value is -5.15. The van der Waals surface area contributed by atoms with Crippen LogP contribution in [-0.4, -0.2) is 86.8 Å². The molecule has 230 valence electrons. The largest absolute Gasteiger partial charge is 0.462 e. The molecule has 0 aliphatic rings. The number of nitrogens with one attached hydrogen (secondary N) is 1. The molecule has 43 heavy (non-hydrogen) atoms. The molecule has 4 atom stereocenters. The molecule has 0 bridgehead atoms. The topological polar surface area (TPSA) is 199 Å². The van der Waals surface area contributed by atoms with Crippen molar-refractivity contribution in [2.75, 3.05) is 12.0 Å². The summed E-state index contributed by atoms with van der Waals surface area (Å²) >= 11 is 0. The third-order valence-corrected chi connectivity index (χ3v) is 5.58. The first-order chi connectivity index (χ1) is 23.1. The lowest BCUT2D eigenvalue weighted by atomic mass is 10.0. The smallest absolute Gasteiger partial charge is 0.303 e. The third-order valence-electron chi connectivity index (χ3n) is 5.58. The standard InChI is InChI=1S/C27H32N6O10/c1-7-33-20-11-9-8-10-19(20)23-26(33)29-27(32-30-23)31-28-12-21(40-15(3)35)24(42-17(5)37)25(43-18(6)38)22(41-16(4)36)13-39-14(2)34/h8-12,21-22,24-25H,7,13H2,1-6H3,(H,29,31,32)/t21-,22+,24+,25-/m0/s1/i2D,3D,4D,5D,6D. The van der Waals surface area contributed by atoms with Crippen LogP contribution in [0.3, 0.4) is 0 Å². The first kappa shape index (κ1) is 25.6. The molecule has 0 radical (unpaired) electrons. The zero-order valence-corrected chi connectivity index (χ0v) is 23.0. The summed E-state index contributed by atoms with van der Waals surface area (Å²) in [5.41, 5.74) is 4.35. The van der Waals surface area contributed by atoms with E-state index in [4.69, 9.17) is 30.5 Å². The van der Waals surface area contributed by atoms with E-state index in [9.17, 15) is 24.0 Å². The molecule has 16 nitrogen and oxygen atoms in total. The Labute approximate surface area is 252 Å².